The third-order valence-corrected chi connectivity index (χ3v) is 5.11. The van der Waals surface area contributed by atoms with E-state index in [1.807, 2.05) is 30.3 Å². The standard InChI is InChI=1S/C20H16N2O5S/c21-28(24,25)15-8-5-13(6-9-15)22-20(23)12-26-14-7-10-19-17(11-14)16-3-1-2-4-18(16)27-19/h1-11H,12H2,(H,22,23)(H2,21,24,25). The van der Waals surface area contributed by atoms with Gasteiger partial charge in [0.05, 0.1) is 4.90 Å². The first-order chi connectivity index (χ1) is 13.4. The largest absolute Gasteiger partial charge is 0.484 e. The summed E-state index contributed by atoms with van der Waals surface area (Å²) in [5.41, 5.74) is 1.97. The molecule has 0 spiro atoms. The summed E-state index contributed by atoms with van der Waals surface area (Å²) in [6.45, 7) is -0.196. The van der Waals surface area contributed by atoms with Gasteiger partial charge in [-0.15, -0.1) is 0 Å². The van der Waals surface area contributed by atoms with Crippen molar-refractivity contribution in [3.05, 3.63) is 66.7 Å². The molecule has 0 radical (unpaired) electrons. The molecule has 0 aliphatic heterocycles. The molecule has 0 unspecified atom stereocenters. The van der Waals surface area contributed by atoms with Gasteiger partial charge in [0.25, 0.3) is 5.91 Å². The van der Waals surface area contributed by atoms with Crippen molar-refractivity contribution in [3.8, 4) is 5.75 Å². The van der Waals surface area contributed by atoms with Gasteiger partial charge in [-0.25, -0.2) is 13.6 Å². The molecule has 1 heterocycles. The molecule has 142 valence electrons. The highest BCUT2D eigenvalue weighted by atomic mass is 32.2. The van der Waals surface area contributed by atoms with E-state index in [1.165, 1.54) is 24.3 Å². The van der Waals surface area contributed by atoms with Crippen LogP contribution in [-0.2, 0) is 14.8 Å². The minimum atomic E-state index is -3.77. The first-order valence-corrected chi connectivity index (χ1v) is 9.91. The number of carbonyl (C=O) groups excluding carboxylic acids is 1. The molecule has 1 amide bonds. The Kier molecular flexibility index (Phi) is 4.50. The zero-order chi connectivity index (χ0) is 19.7. The highest BCUT2D eigenvalue weighted by molar-refractivity contribution is 7.89. The normalized spacial score (nSPS) is 11.6. The number of primary sulfonamides is 1. The van der Waals surface area contributed by atoms with Gasteiger partial charge in [-0.05, 0) is 48.5 Å². The minimum Gasteiger partial charge on any atom is -0.484 e. The number of fused-ring (bicyclic) bond motifs is 3. The van der Waals surface area contributed by atoms with Crippen molar-refractivity contribution in [2.24, 2.45) is 5.14 Å². The SMILES string of the molecule is NS(=O)(=O)c1ccc(NC(=O)COc2ccc3oc4ccccc4c3c2)cc1. The van der Waals surface area contributed by atoms with Crippen molar-refractivity contribution in [1.82, 2.24) is 0 Å². The molecule has 0 saturated carbocycles. The van der Waals surface area contributed by atoms with Crippen LogP contribution in [0.15, 0.2) is 76.0 Å². The zero-order valence-corrected chi connectivity index (χ0v) is 15.4. The maximum atomic E-state index is 12.1. The summed E-state index contributed by atoms with van der Waals surface area (Å²) >= 11 is 0. The molecule has 1 aromatic heterocycles. The molecule has 0 fully saturated rings. The minimum absolute atomic E-state index is 0.0256. The van der Waals surface area contributed by atoms with Crippen LogP contribution in [0, 0.1) is 0 Å². The lowest BCUT2D eigenvalue weighted by atomic mass is 10.1. The average Bonchev–Trinajstić information content (AvgIpc) is 3.04. The quantitative estimate of drug-likeness (QED) is 0.538. The van der Waals surface area contributed by atoms with Crippen LogP contribution in [0.25, 0.3) is 21.9 Å². The maximum Gasteiger partial charge on any atom is 0.262 e. The molecular formula is C20H16N2O5S. The van der Waals surface area contributed by atoms with Crippen LogP contribution in [0.1, 0.15) is 0 Å². The number of nitrogens with one attached hydrogen (secondary N) is 1. The van der Waals surface area contributed by atoms with Crippen molar-refractivity contribution >= 4 is 43.6 Å². The highest BCUT2D eigenvalue weighted by Crippen LogP contribution is 2.31. The van der Waals surface area contributed by atoms with Crippen LogP contribution in [0.4, 0.5) is 5.69 Å². The summed E-state index contributed by atoms with van der Waals surface area (Å²) in [5.74, 6) is 0.166. The number of anilines is 1. The summed E-state index contributed by atoms with van der Waals surface area (Å²) in [6, 6.07) is 18.6. The highest BCUT2D eigenvalue weighted by Gasteiger charge is 2.10. The van der Waals surface area contributed by atoms with Crippen LogP contribution in [-0.4, -0.2) is 20.9 Å². The first-order valence-electron chi connectivity index (χ1n) is 8.37. The van der Waals surface area contributed by atoms with Crippen LogP contribution in [0.5, 0.6) is 5.75 Å². The fourth-order valence-corrected chi connectivity index (χ4v) is 3.38. The number of hydrogen-bond donors (Lipinski definition) is 2. The fourth-order valence-electron chi connectivity index (χ4n) is 2.87. The lowest BCUT2D eigenvalue weighted by Crippen LogP contribution is -2.20. The van der Waals surface area contributed by atoms with Crippen LogP contribution in [0.3, 0.4) is 0 Å². The Bertz CT molecular complexity index is 1280. The number of para-hydroxylation sites is 1. The Balaban J connectivity index is 1.44. The number of rotatable bonds is 5. The number of carbonyl (C=O) groups is 1. The van der Waals surface area contributed by atoms with Gasteiger partial charge in [-0.2, -0.15) is 0 Å². The number of nitrogens with two attached hydrogens (primary N) is 1. The smallest absolute Gasteiger partial charge is 0.262 e. The van der Waals surface area contributed by atoms with Gasteiger partial charge in [0.1, 0.15) is 16.9 Å². The average molecular weight is 396 g/mol. The molecular weight excluding hydrogens is 380 g/mol. The number of ether oxygens (including phenoxy) is 1. The van der Waals surface area contributed by atoms with E-state index in [0.29, 0.717) is 11.4 Å². The maximum absolute atomic E-state index is 12.1. The van der Waals surface area contributed by atoms with Gasteiger partial charge in [-0.3, -0.25) is 4.79 Å². The van der Waals surface area contributed by atoms with Crippen LogP contribution >= 0.6 is 0 Å². The summed E-state index contributed by atoms with van der Waals surface area (Å²) in [7, 11) is -3.77. The van der Waals surface area contributed by atoms with E-state index in [-0.39, 0.29) is 17.4 Å². The molecule has 28 heavy (non-hydrogen) atoms. The van der Waals surface area contributed by atoms with Crippen molar-refractivity contribution < 1.29 is 22.4 Å². The number of sulfonamides is 1. The van der Waals surface area contributed by atoms with E-state index >= 15 is 0 Å². The molecule has 3 N–H and O–H groups in total. The van der Waals surface area contributed by atoms with Gasteiger partial charge >= 0.3 is 0 Å². The van der Waals surface area contributed by atoms with Gasteiger partial charge in [-0.1, -0.05) is 18.2 Å². The predicted molar refractivity (Wildman–Crippen MR) is 106 cm³/mol. The molecule has 0 atom stereocenters. The lowest BCUT2D eigenvalue weighted by molar-refractivity contribution is -0.118. The summed E-state index contributed by atoms with van der Waals surface area (Å²) in [5, 5.41) is 9.56. The van der Waals surface area contributed by atoms with E-state index in [9.17, 15) is 13.2 Å². The number of amides is 1. The molecule has 0 aliphatic rings. The van der Waals surface area contributed by atoms with Gasteiger partial charge < -0.3 is 14.5 Å². The summed E-state index contributed by atoms with van der Waals surface area (Å²) in [6.07, 6.45) is 0. The van der Waals surface area contributed by atoms with Crippen molar-refractivity contribution in [2.45, 2.75) is 4.90 Å². The Morgan fingerprint density at radius 3 is 2.43 bits per heavy atom. The second-order valence-corrected chi connectivity index (χ2v) is 7.72. The number of furan rings is 1. The van der Waals surface area contributed by atoms with Gasteiger partial charge in [0, 0.05) is 16.5 Å². The van der Waals surface area contributed by atoms with Crippen LogP contribution < -0.4 is 15.2 Å². The third-order valence-electron chi connectivity index (χ3n) is 4.18. The van der Waals surface area contributed by atoms with Gasteiger partial charge in [0.15, 0.2) is 6.61 Å². The molecule has 0 bridgehead atoms. The molecule has 0 saturated heterocycles. The molecule has 7 nitrogen and oxygen atoms in total. The Labute approximate surface area is 160 Å². The monoisotopic (exact) mass is 396 g/mol. The Morgan fingerprint density at radius 1 is 0.964 bits per heavy atom. The Morgan fingerprint density at radius 2 is 1.68 bits per heavy atom. The second-order valence-electron chi connectivity index (χ2n) is 6.16. The summed E-state index contributed by atoms with van der Waals surface area (Å²) in [4.78, 5) is 12.1. The zero-order valence-electron chi connectivity index (χ0n) is 14.6. The van der Waals surface area contributed by atoms with Crippen LogP contribution in [0.2, 0.25) is 0 Å². The first kappa shape index (κ1) is 18.0. The summed E-state index contributed by atoms with van der Waals surface area (Å²) < 4.78 is 33.8. The molecule has 0 aliphatic carbocycles. The Hall–Kier alpha value is -3.36. The van der Waals surface area contributed by atoms with E-state index in [4.69, 9.17) is 14.3 Å². The third kappa shape index (κ3) is 3.68. The molecule has 8 heteroatoms. The van der Waals surface area contributed by atoms with Crippen molar-refractivity contribution in [2.75, 3.05) is 11.9 Å². The van der Waals surface area contributed by atoms with E-state index < -0.39 is 10.0 Å². The molecule has 4 rings (SSSR count). The lowest BCUT2D eigenvalue weighted by Gasteiger charge is -2.08. The number of hydrogen-bond acceptors (Lipinski definition) is 5. The topological polar surface area (TPSA) is 112 Å². The second kappa shape index (κ2) is 6.99. The van der Waals surface area contributed by atoms with Crippen molar-refractivity contribution in [1.29, 1.82) is 0 Å². The van der Waals surface area contributed by atoms with E-state index in [0.717, 1.165) is 21.9 Å². The van der Waals surface area contributed by atoms with E-state index in [2.05, 4.69) is 5.32 Å². The van der Waals surface area contributed by atoms with Crippen molar-refractivity contribution in [3.63, 3.8) is 0 Å². The number of benzene rings is 3. The predicted octanol–water partition coefficient (Wildman–Crippen LogP) is 3.25. The van der Waals surface area contributed by atoms with E-state index in [1.54, 1.807) is 12.1 Å². The molecule has 3 aromatic carbocycles. The van der Waals surface area contributed by atoms with Gasteiger partial charge in [0.2, 0.25) is 10.0 Å². The fraction of sp³-hybridized carbons (Fsp3) is 0.0500. The molecule has 4 aromatic rings.